The first-order chi connectivity index (χ1) is 13.4. The van der Waals surface area contributed by atoms with Crippen molar-refractivity contribution in [2.24, 2.45) is 5.92 Å². The molecule has 8 heteroatoms. The summed E-state index contributed by atoms with van der Waals surface area (Å²) in [7, 11) is 3.05. The normalized spacial score (nSPS) is 15.6. The minimum atomic E-state index is -1.02. The van der Waals surface area contributed by atoms with Crippen molar-refractivity contribution >= 4 is 17.8 Å². The highest BCUT2D eigenvalue weighted by Gasteiger charge is 2.30. The van der Waals surface area contributed by atoms with Crippen LogP contribution in [0.15, 0.2) is 18.2 Å². The molecule has 28 heavy (non-hydrogen) atoms. The summed E-state index contributed by atoms with van der Waals surface area (Å²) in [4.78, 5) is 38.1. The molecule has 2 amide bonds. The van der Waals surface area contributed by atoms with Crippen LogP contribution in [0.5, 0.6) is 11.5 Å². The van der Waals surface area contributed by atoms with Crippen LogP contribution in [0, 0.1) is 5.92 Å². The molecule has 1 fully saturated rings. The Balaban J connectivity index is 1.97. The Hall–Kier alpha value is -2.77. The molecule has 1 aliphatic heterocycles. The summed E-state index contributed by atoms with van der Waals surface area (Å²) in [5, 5.41) is 11.8. The number of ether oxygens (including phenoxy) is 2. The molecule has 0 aromatic heterocycles. The molecule has 1 aromatic rings. The number of hydrogen-bond donors (Lipinski definition) is 2. The highest BCUT2D eigenvalue weighted by atomic mass is 16.5. The van der Waals surface area contributed by atoms with Gasteiger partial charge in [-0.2, -0.15) is 0 Å². The van der Waals surface area contributed by atoms with Gasteiger partial charge in [0.15, 0.2) is 0 Å². The number of rotatable bonds is 8. The van der Waals surface area contributed by atoms with Crippen molar-refractivity contribution in [3.63, 3.8) is 0 Å². The van der Waals surface area contributed by atoms with Crippen molar-refractivity contribution in [2.75, 3.05) is 27.3 Å². The molecule has 0 aliphatic carbocycles. The molecule has 0 radical (unpaired) electrons. The topological polar surface area (TPSA) is 105 Å². The monoisotopic (exact) mass is 392 g/mol. The van der Waals surface area contributed by atoms with E-state index in [9.17, 15) is 19.5 Å². The molecular weight excluding hydrogens is 364 g/mol. The van der Waals surface area contributed by atoms with Gasteiger partial charge in [-0.15, -0.1) is 0 Å². The number of carbonyl (C=O) groups is 3. The van der Waals surface area contributed by atoms with Crippen LogP contribution in [0.1, 0.15) is 43.0 Å². The number of hydrogen-bond acceptors (Lipinski definition) is 5. The number of piperidine rings is 1. The number of amides is 2. The third-order valence-electron chi connectivity index (χ3n) is 4.94. The summed E-state index contributed by atoms with van der Waals surface area (Å²) < 4.78 is 10.4. The Labute approximate surface area is 164 Å². The predicted octanol–water partition coefficient (Wildman–Crippen LogP) is 1.93. The van der Waals surface area contributed by atoms with Gasteiger partial charge in [0.25, 0.3) is 5.91 Å². The lowest BCUT2D eigenvalue weighted by Gasteiger charge is -2.32. The quantitative estimate of drug-likeness (QED) is 0.700. The fourth-order valence-electron chi connectivity index (χ4n) is 3.29. The number of likely N-dealkylation sites (tertiary alicyclic amines) is 1. The number of nitrogens with zero attached hydrogens (tertiary/aromatic N) is 1. The van der Waals surface area contributed by atoms with Gasteiger partial charge >= 0.3 is 5.97 Å². The Bertz CT molecular complexity index is 690. The minimum absolute atomic E-state index is 0.148. The van der Waals surface area contributed by atoms with Crippen LogP contribution in [0.25, 0.3) is 0 Å². The minimum Gasteiger partial charge on any atom is -0.497 e. The van der Waals surface area contributed by atoms with Crippen molar-refractivity contribution in [1.29, 1.82) is 0 Å². The summed E-state index contributed by atoms with van der Waals surface area (Å²) in [6.07, 6.45) is 2.07. The fourth-order valence-corrected chi connectivity index (χ4v) is 3.29. The molecule has 1 heterocycles. The molecule has 1 unspecified atom stereocenters. The maximum Gasteiger partial charge on any atom is 0.326 e. The lowest BCUT2D eigenvalue weighted by atomic mass is 9.94. The maximum atomic E-state index is 12.8. The lowest BCUT2D eigenvalue weighted by Crippen LogP contribution is -2.47. The van der Waals surface area contributed by atoms with Crippen molar-refractivity contribution in [3.8, 4) is 11.5 Å². The van der Waals surface area contributed by atoms with E-state index in [1.165, 1.54) is 14.2 Å². The van der Waals surface area contributed by atoms with Crippen LogP contribution in [0.3, 0.4) is 0 Å². The maximum absolute atomic E-state index is 12.8. The first kappa shape index (κ1) is 21.5. The number of nitrogens with one attached hydrogen (secondary N) is 1. The number of aliphatic carboxylic acids is 1. The van der Waals surface area contributed by atoms with Gasteiger partial charge < -0.3 is 24.8 Å². The Morgan fingerprint density at radius 2 is 1.71 bits per heavy atom. The zero-order valence-electron chi connectivity index (χ0n) is 16.6. The van der Waals surface area contributed by atoms with Gasteiger partial charge in [-0.05, 0) is 31.4 Å². The molecule has 1 atom stereocenters. The summed E-state index contributed by atoms with van der Waals surface area (Å²) in [6, 6.07) is 4.15. The van der Waals surface area contributed by atoms with E-state index in [4.69, 9.17) is 9.47 Å². The lowest BCUT2D eigenvalue weighted by molar-refractivity contribution is -0.142. The first-order valence-electron chi connectivity index (χ1n) is 9.45. The van der Waals surface area contributed by atoms with E-state index in [1.54, 1.807) is 23.1 Å². The van der Waals surface area contributed by atoms with Crippen LogP contribution in [0.4, 0.5) is 0 Å². The van der Waals surface area contributed by atoms with Crippen LogP contribution < -0.4 is 14.8 Å². The van der Waals surface area contributed by atoms with E-state index in [1.807, 2.05) is 6.92 Å². The van der Waals surface area contributed by atoms with Crippen molar-refractivity contribution < 1.29 is 29.0 Å². The molecule has 1 aliphatic rings. The first-order valence-corrected chi connectivity index (χ1v) is 9.45. The molecule has 0 saturated carbocycles. The van der Waals surface area contributed by atoms with Gasteiger partial charge in [0.05, 0.1) is 14.2 Å². The van der Waals surface area contributed by atoms with E-state index < -0.39 is 12.0 Å². The molecule has 2 N–H and O–H groups in total. The number of methoxy groups -OCH3 is 2. The molecule has 1 saturated heterocycles. The Kier molecular flexibility index (Phi) is 7.66. The molecule has 1 aromatic carbocycles. The van der Waals surface area contributed by atoms with E-state index in [0.29, 0.717) is 55.8 Å². The summed E-state index contributed by atoms with van der Waals surface area (Å²) in [6.45, 7) is 2.74. The van der Waals surface area contributed by atoms with Gasteiger partial charge in [-0.1, -0.05) is 13.3 Å². The second-order valence-electron chi connectivity index (χ2n) is 6.86. The standard InChI is InChI=1S/C20H28N2O6/c1-4-5-17(20(25)26)21-18(23)13-6-8-22(9-7-13)19(24)14-10-15(27-2)12-16(11-14)28-3/h10-13,17H,4-9H2,1-3H3,(H,21,23)(H,25,26). The predicted molar refractivity (Wildman–Crippen MR) is 103 cm³/mol. The zero-order valence-corrected chi connectivity index (χ0v) is 16.6. The second kappa shape index (κ2) is 9.96. The van der Waals surface area contributed by atoms with Gasteiger partial charge in [0.2, 0.25) is 5.91 Å². The second-order valence-corrected chi connectivity index (χ2v) is 6.86. The molecular formula is C20H28N2O6. The van der Waals surface area contributed by atoms with Crippen molar-refractivity contribution in [3.05, 3.63) is 23.8 Å². The SMILES string of the molecule is CCCC(NC(=O)C1CCN(C(=O)c2cc(OC)cc(OC)c2)CC1)C(=O)O. The number of carboxylic acids is 1. The van der Waals surface area contributed by atoms with Gasteiger partial charge in [0.1, 0.15) is 17.5 Å². The Morgan fingerprint density at radius 3 is 2.18 bits per heavy atom. The smallest absolute Gasteiger partial charge is 0.326 e. The van der Waals surface area contributed by atoms with E-state index in [2.05, 4.69) is 5.32 Å². The largest absolute Gasteiger partial charge is 0.497 e. The van der Waals surface area contributed by atoms with Crippen molar-refractivity contribution in [2.45, 2.75) is 38.6 Å². The summed E-state index contributed by atoms with van der Waals surface area (Å²) in [5.74, 6) is -0.640. The van der Waals surface area contributed by atoms with Crippen LogP contribution in [0.2, 0.25) is 0 Å². The number of benzene rings is 1. The molecule has 0 bridgehead atoms. The van der Waals surface area contributed by atoms with Crippen LogP contribution in [-0.2, 0) is 9.59 Å². The van der Waals surface area contributed by atoms with E-state index in [-0.39, 0.29) is 17.7 Å². The highest BCUT2D eigenvalue weighted by molar-refractivity contribution is 5.95. The third kappa shape index (κ3) is 5.37. The average molecular weight is 392 g/mol. The van der Waals surface area contributed by atoms with Crippen LogP contribution in [-0.4, -0.2) is 61.1 Å². The fraction of sp³-hybridized carbons (Fsp3) is 0.550. The van der Waals surface area contributed by atoms with Crippen molar-refractivity contribution in [1.82, 2.24) is 10.2 Å². The molecule has 154 valence electrons. The summed E-state index contributed by atoms with van der Waals surface area (Å²) >= 11 is 0. The number of carbonyl (C=O) groups excluding carboxylic acids is 2. The molecule has 0 spiro atoms. The van der Waals surface area contributed by atoms with E-state index in [0.717, 1.165) is 0 Å². The molecule has 2 rings (SSSR count). The highest BCUT2D eigenvalue weighted by Crippen LogP contribution is 2.25. The average Bonchev–Trinajstić information content (AvgIpc) is 2.72. The third-order valence-corrected chi connectivity index (χ3v) is 4.94. The van der Waals surface area contributed by atoms with Gasteiger partial charge in [-0.25, -0.2) is 4.79 Å². The number of carboxylic acid groups (broad SMARTS) is 1. The van der Waals surface area contributed by atoms with Crippen LogP contribution >= 0.6 is 0 Å². The molecule has 8 nitrogen and oxygen atoms in total. The zero-order chi connectivity index (χ0) is 20.7. The van der Waals surface area contributed by atoms with Gasteiger partial charge in [-0.3, -0.25) is 9.59 Å². The Morgan fingerprint density at radius 1 is 1.14 bits per heavy atom. The van der Waals surface area contributed by atoms with Gasteiger partial charge in [0, 0.05) is 30.6 Å². The van der Waals surface area contributed by atoms with E-state index >= 15 is 0 Å². The summed E-state index contributed by atoms with van der Waals surface area (Å²) in [5.41, 5.74) is 0.466.